The molecule has 2 aromatic rings. The Hall–Kier alpha value is -1.98. The van der Waals surface area contributed by atoms with Crippen LogP contribution in [0, 0.1) is 0 Å². The Morgan fingerprint density at radius 3 is 2.76 bits per heavy atom. The molecular weight excluding hydrogens is 338 g/mol. The molecule has 0 spiro atoms. The van der Waals surface area contributed by atoms with E-state index in [1.54, 1.807) is 0 Å². The van der Waals surface area contributed by atoms with Crippen molar-refractivity contribution in [2.24, 2.45) is 0 Å². The molecule has 0 bridgehead atoms. The summed E-state index contributed by atoms with van der Waals surface area (Å²) in [4.78, 5) is 6.87. The van der Waals surface area contributed by atoms with Gasteiger partial charge < -0.3 is 19.7 Å². The van der Waals surface area contributed by atoms with Crippen LogP contribution in [0.4, 0.5) is 5.82 Å². The molecule has 1 fully saturated rings. The Kier molecular flexibility index (Phi) is 6.00. The fraction of sp³-hybridized carbons (Fsp3) is 0.421. The summed E-state index contributed by atoms with van der Waals surface area (Å²) in [5.41, 5.74) is 2.40. The van der Waals surface area contributed by atoms with Crippen molar-refractivity contribution in [2.75, 3.05) is 31.2 Å². The standard InChI is InChI=1S/C19H23N3O2.ClH/c1-2-9-22(8-1)18-12-15(6-7-21-18)13-20-14-16-4-3-5-17-19(16)24-11-10-23-17;/h3-7,12,20H,1-2,8-11,13-14H2;1H. The van der Waals surface area contributed by atoms with Crippen LogP contribution in [0.25, 0.3) is 0 Å². The molecule has 0 saturated carbocycles. The third-order valence-electron chi connectivity index (χ3n) is 4.53. The lowest BCUT2D eigenvalue weighted by molar-refractivity contribution is 0.169. The van der Waals surface area contributed by atoms with Crippen LogP contribution in [0.2, 0.25) is 0 Å². The van der Waals surface area contributed by atoms with Crippen LogP contribution in [-0.2, 0) is 13.1 Å². The third-order valence-corrected chi connectivity index (χ3v) is 4.53. The van der Waals surface area contributed by atoms with E-state index >= 15 is 0 Å². The zero-order valence-electron chi connectivity index (χ0n) is 14.2. The summed E-state index contributed by atoms with van der Waals surface area (Å²) in [6.07, 6.45) is 4.45. The molecule has 5 nitrogen and oxygen atoms in total. The second-order valence-electron chi connectivity index (χ2n) is 6.26. The average Bonchev–Trinajstić information content (AvgIpc) is 3.17. The highest BCUT2D eigenvalue weighted by atomic mass is 35.5. The Labute approximate surface area is 154 Å². The molecule has 1 aromatic heterocycles. The molecule has 1 aromatic carbocycles. The van der Waals surface area contributed by atoms with Crippen molar-refractivity contribution in [3.63, 3.8) is 0 Å². The number of benzene rings is 1. The first-order valence-corrected chi connectivity index (χ1v) is 8.68. The lowest BCUT2D eigenvalue weighted by Gasteiger charge is -2.21. The number of fused-ring (bicyclic) bond motifs is 1. The molecule has 1 saturated heterocycles. The number of pyridine rings is 1. The van der Waals surface area contributed by atoms with E-state index in [0.29, 0.717) is 13.2 Å². The minimum atomic E-state index is 0. The summed E-state index contributed by atoms with van der Waals surface area (Å²) < 4.78 is 11.4. The highest BCUT2D eigenvalue weighted by Crippen LogP contribution is 2.33. The fourth-order valence-corrected chi connectivity index (χ4v) is 3.30. The highest BCUT2D eigenvalue weighted by Gasteiger charge is 2.15. The lowest BCUT2D eigenvalue weighted by Crippen LogP contribution is -2.20. The molecule has 3 heterocycles. The molecule has 0 atom stereocenters. The van der Waals surface area contributed by atoms with Gasteiger partial charge in [-0.1, -0.05) is 12.1 Å². The van der Waals surface area contributed by atoms with E-state index in [-0.39, 0.29) is 12.4 Å². The lowest BCUT2D eigenvalue weighted by atomic mass is 10.1. The third kappa shape index (κ3) is 4.17. The van der Waals surface area contributed by atoms with Gasteiger partial charge in [-0.15, -0.1) is 12.4 Å². The van der Waals surface area contributed by atoms with Crippen LogP contribution in [-0.4, -0.2) is 31.3 Å². The van der Waals surface area contributed by atoms with Crippen LogP contribution in [0.5, 0.6) is 11.5 Å². The van der Waals surface area contributed by atoms with E-state index in [2.05, 4.69) is 33.4 Å². The van der Waals surface area contributed by atoms with Gasteiger partial charge in [-0.25, -0.2) is 4.98 Å². The molecule has 2 aliphatic heterocycles. The van der Waals surface area contributed by atoms with E-state index in [1.165, 1.54) is 18.4 Å². The van der Waals surface area contributed by atoms with Crippen molar-refractivity contribution in [1.82, 2.24) is 10.3 Å². The van der Waals surface area contributed by atoms with Crippen LogP contribution < -0.4 is 19.7 Å². The minimum absolute atomic E-state index is 0. The summed E-state index contributed by atoms with van der Waals surface area (Å²) in [5, 5.41) is 3.50. The predicted molar refractivity (Wildman–Crippen MR) is 101 cm³/mol. The van der Waals surface area contributed by atoms with Crippen molar-refractivity contribution in [3.8, 4) is 11.5 Å². The molecule has 2 aliphatic rings. The summed E-state index contributed by atoms with van der Waals surface area (Å²) in [5.74, 6) is 2.82. The number of para-hydroxylation sites is 1. The van der Waals surface area contributed by atoms with E-state index < -0.39 is 0 Å². The quantitative estimate of drug-likeness (QED) is 0.886. The smallest absolute Gasteiger partial charge is 0.165 e. The first kappa shape index (κ1) is 17.8. The average molecular weight is 362 g/mol. The van der Waals surface area contributed by atoms with E-state index in [9.17, 15) is 0 Å². The number of ether oxygens (including phenoxy) is 2. The van der Waals surface area contributed by atoms with E-state index in [1.807, 2.05) is 18.3 Å². The number of anilines is 1. The van der Waals surface area contributed by atoms with Gasteiger partial charge in [0.15, 0.2) is 11.5 Å². The molecular formula is C19H24ClN3O2. The molecule has 0 amide bonds. The first-order valence-electron chi connectivity index (χ1n) is 8.68. The molecule has 25 heavy (non-hydrogen) atoms. The van der Waals surface area contributed by atoms with Crippen molar-refractivity contribution in [3.05, 3.63) is 47.7 Å². The second kappa shape index (κ2) is 8.41. The van der Waals surface area contributed by atoms with Crippen LogP contribution >= 0.6 is 12.4 Å². The van der Waals surface area contributed by atoms with E-state index in [0.717, 1.165) is 49.1 Å². The molecule has 6 heteroatoms. The largest absolute Gasteiger partial charge is 0.486 e. The van der Waals surface area contributed by atoms with Gasteiger partial charge in [-0.2, -0.15) is 0 Å². The van der Waals surface area contributed by atoms with Crippen molar-refractivity contribution >= 4 is 18.2 Å². The molecule has 134 valence electrons. The zero-order valence-corrected chi connectivity index (χ0v) is 15.1. The second-order valence-corrected chi connectivity index (χ2v) is 6.26. The summed E-state index contributed by atoms with van der Waals surface area (Å²) in [6, 6.07) is 10.3. The maximum atomic E-state index is 5.76. The fourth-order valence-electron chi connectivity index (χ4n) is 3.30. The number of rotatable bonds is 5. The summed E-state index contributed by atoms with van der Waals surface area (Å²) in [6.45, 7) is 5.06. The Balaban J connectivity index is 0.00000182. The summed E-state index contributed by atoms with van der Waals surface area (Å²) in [7, 11) is 0. The SMILES string of the molecule is Cl.c1cc(CNCc2ccnc(N3CCCC3)c2)c2c(c1)OCCO2. The van der Waals surface area contributed by atoms with Crippen molar-refractivity contribution < 1.29 is 9.47 Å². The molecule has 4 rings (SSSR count). The van der Waals surface area contributed by atoms with Crippen LogP contribution in [0.3, 0.4) is 0 Å². The molecule has 0 radical (unpaired) electrons. The number of hydrogen-bond acceptors (Lipinski definition) is 5. The van der Waals surface area contributed by atoms with Crippen LogP contribution in [0.15, 0.2) is 36.5 Å². The Morgan fingerprint density at radius 2 is 1.88 bits per heavy atom. The molecule has 0 unspecified atom stereocenters. The van der Waals surface area contributed by atoms with E-state index in [4.69, 9.17) is 9.47 Å². The maximum Gasteiger partial charge on any atom is 0.165 e. The maximum absolute atomic E-state index is 5.76. The van der Waals surface area contributed by atoms with Gasteiger partial charge in [0, 0.05) is 37.9 Å². The highest BCUT2D eigenvalue weighted by molar-refractivity contribution is 5.85. The van der Waals surface area contributed by atoms with Gasteiger partial charge in [0.05, 0.1) is 0 Å². The Bertz CT molecular complexity index is 705. The molecule has 1 N–H and O–H groups in total. The van der Waals surface area contributed by atoms with Gasteiger partial charge in [0.1, 0.15) is 19.0 Å². The van der Waals surface area contributed by atoms with Crippen molar-refractivity contribution in [2.45, 2.75) is 25.9 Å². The number of nitrogens with zero attached hydrogens (tertiary/aromatic N) is 2. The number of aromatic nitrogens is 1. The van der Waals surface area contributed by atoms with Crippen LogP contribution in [0.1, 0.15) is 24.0 Å². The first-order chi connectivity index (χ1) is 11.9. The van der Waals surface area contributed by atoms with Gasteiger partial charge in [0.2, 0.25) is 0 Å². The van der Waals surface area contributed by atoms with Crippen molar-refractivity contribution in [1.29, 1.82) is 0 Å². The minimum Gasteiger partial charge on any atom is -0.486 e. The Morgan fingerprint density at radius 1 is 1.04 bits per heavy atom. The zero-order chi connectivity index (χ0) is 16.2. The van der Waals surface area contributed by atoms with Gasteiger partial charge in [-0.05, 0) is 36.6 Å². The number of halogens is 1. The summed E-state index contributed by atoms with van der Waals surface area (Å²) >= 11 is 0. The van der Waals surface area contributed by atoms with Gasteiger partial charge in [-0.3, -0.25) is 0 Å². The topological polar surface area (TPSA) is 46.6 Å². The molecule has 0 aliphatic carbocycles. The number of nitrogens with one attached hydrogen (secondary N) is 1. The number of hydrogen-bond donors (Lipinski definition) is 1. The monoisotopic (exact) mass is 361 g/mol. The predicted octanol–water partition coefficient (Wildman–Crippen LogP) is 3.16. The van der Waals surface area contributed by atoms with Gasteiger partial charge in [0.25, 0.3) is 0 Å². The van der Waals surface area contributed by atoms with Gasteiger partial charge >= 0.3 is 0 Å². The normalized spacial score (nSPS) is 15.8.